The molecule has 0 saturated carbocycles. The molecule has 2 aromatic rings. The van der Waals surface area contributed by atoms with Crippen LogP contribution in [0, 0.1) is 5.82 Å². The molecular weight excluding hydrogens is 359 g/mol. The highest BCUT2D eigenvalue weighted by atomic mass is 32.2. The van der Waals surface area contributed by atoms with Crippen molar-refractivity contribution in [2.45, 2.75) is 17.9 Å². The fraction of sp³-hybridized carbons (Fsp3) is 0.278. The normalized spacial score (nSPS) is 18.5. The van der Waals surface area contributed by atoms with Crippen LogP contribution in [0.4, 0.5) is 10.1 Å². The Bertz CT molecular complexity index is 900. The van der Waals surface area contributed by atoms with Crippen LogP contribution in [-0.2, 0) is 14.8 Å². The minimum Gasteiger partial charge on any atom is -0.376 e. The summed E-state index contributed by atoms with van der Waals surface area (Å²) in [7, 11) is -3.61. The van der Waals surface area contributed by atoms with Crippen molar-refractivity contribution in [2.24, 2.45) is 0 Å². The topological polar surface area (TPSA) is 75.7 Å². The fourth-order valence-electron chi connectivity index (χ4n) is 2.70. The Kier molecular flexibility index (Phi) is 5.36. The van der Waals surface area contributed by atoms with Gasteiger partial charge in [-0.25, -0.2) is 12.8 Å². The van der Waals surface area contributed by atoms with Crippen LogP contribution < -0.4 is 5.32 Å². The van der Waals surface area contributed by atoms with Gasteiger partial charge < -0.3 is 10.1 Å². The first-order valence-corrected chi connectivity index (χ1v) is 9.59. The van der Waals surface area contributed by atoms with Gasteiger partial charge in [0.2, 0.25) is 10.0 Å². The molecule has 0 spiro atoms. The molecule has 0 aliphatic carbocycles. The third-order valence-corrected chi connectivity index (χ3v) is 5.92. The Morgan fingerprint density at radius 3 is 2.62 bits per heavy atom. The van der Waals surface area contributed by atoms with Crippen LogP contribution in [0.25, 0.3) is 0 Å². The monoisotopic (exact) mass is 378 g/mol. The van der Waals surface area contributed by atoms with E-state index in [-0.39, 0.29) is 16.6 Å². The number of sulfonamides is 1. The van der Waals surface area contributed by atoms with E-state index in [4.69, 9.17) is 4.74 Å². The Morgan fingerprint density at radius 1 is 1.23 bits per heavy atom. The lowest BCUT2D eigenvalue weighted by molar-refractivity contribution is 0.0102. The van der Waals surface area contributed by atoms with E-state index in [0.29, 0.717) is 25.4 Å². The highest BCUT2D eigenvalue weighted by Crippen LogP contribution is 2.21. The zero-order valence-corrected chi connectivity index (χ0v) is 15.0. The highest BCUT2D eigenvalue weighted by Gasteiger charge is 2.29. The number of hydrogen-bond donors (Lipinski definition) is 1. The van der Waals surface area contributed by atoms with E-state index in [2.05, 4.69) is 5.32 Å². The minimum absolute atomic E-state index is 0.148. The van der Waals surface area contributed by atoms with Gasteiger partial charge in [-0.1, -0.05) is 6.07 Å². The quantitative estimate of drug-likeness (QED) is 0.887. The molecule has 8 heteroatoms. The number of ether oxygens (including phenoxy) is 1. The van der Waals surface area contributed by atoms with Gasteiger partial charge in [0.05, 0.1) is 17.6 Å². The first-order chi connectivity index (χ1) is 12.4. The second kappa shape index (κ2) is 7.53. The average Bonchev–Trinajstić information content (AvgIpc) is 2.62. The number of nitrogens with one attached hydrogen (secondary N) is 1. The number of hydrogen-bond acceptors (Lipinski definition) is 4. The summed E-state index contributed by atoms with van der Waals surface area (Å²) in [6.45, 7) is 2.81. The molecular formula is C18H19FN2O4S. The van der Waals surface area contributed by atoms with Crippen LogP contribution in [-0.4, -0.2) is 44.4 Å². The molecule has 1 saturated heterocycles. The molecule has 1 aliphatic rings. The molecule has 0 bridgehead atoms. The van der Waals surface area contributed by atoms with Crippen LogP contribution >= 0.6 is 0 Å². The summed E-state index contributed by atoms with van der Waals surface area (Å²) < 4.78 is 45.3. The van der Waals surface area contributed by atoms with Crippen LogP contribution in [0.3, 0.4) is 0 Å². The Labute approximate surface area is 151 Å². The van der Waals surface area contributed by atoms with E-state index in [9.17, 15) is 17.6 Å². The van der Waals surface area contributed by atoms with Crippen molar-refractivity contribution in [1.82, 2.24) is 4.31 Å². The van der Waals surface area contributed by atoms with Gasteiger partial charge in [-0.2, -0.15) is 4.31 Å². The van der Waals surface area contributed by atoms with E-state index in [1.54, 1.807) is 0 Å². The summed E-state index contributed by atoms with van der Waals surface area (Å²) in [6, 6.07) is 11.2. The van der Waals surface area contributed by atoms with Gasteiger partial charge >= 0.3 is 0 Å². The number of carbonyl (C=O) groups excluding carboxylic acids is 1. The first kappa shape index (κ1) is 18.5. The van der Waals surface area contributed by atoms with Crippen molar-refractivity contribution >= 4 is 21.6 Å². The van der Waals surface area contributed by atoms with Gasteiger partial charge in [0.1, 0.15) is 5.82 Å². The molecule has 6 nitrogen and oxygen atoms in total. The highest BCUT2D eigenvalue weighted by molar-refractivity contribution is 7.89. The van der Waals surface area contributed by atoms with E-state index in [1.165, 1.54) is 46.8 Å². The molecule has 1 atom stereocenters. The molecule has 1 unspecified atom stereocenters. The molecule has 138 valence electrons. The van der Waals surface area contributed by atoms with Crippen molar-refractivity contribution in [3.8, 4) is 0 Å². The molecule has 0 aromatic heterocycles. The number of carbonyl (C=O) groups is 1. The van der Waals surface area contributed by atoms with Gasteiger partial charge in [-0.05, 0) is 49.4 Å². The summed E-state index contributed by atoms with van der Waals surface area (Å²) in [5.41, 5.74) is 0.609. The maximum atomic E-state index is 13.2. The van der Waals surface area contributed by atoms with Crippen molar-refractivity contribution in [1.29, 1.82) is 0 Å². The second-order valence-electron chi connectivity index (χ2n) is 6.03. The zero-order chi connectivity index (χ0) is 18.7. The zero-order valence-electron chi connectivity index (χ0n) is 14.2. The van der Waals surface area contributed by atoms with Crippen molar-refractivity contribution in [2.75, 3.05) is 25.0 Å². The van der Waals surface area contributed by atoms with Gasteiger partial charge in [0, 0.05) is 24.3 Å². The summed E-state index contributed by atoms with van der Waals surface area (Å²) >= 11 is 0. The lowest BCUT2D eigenvalue weighted by Crippen LogP contribution is -2.44. The number of nitrogens with zero attached hydrogens (tertiary/aromatic N) is 1. The Balaban J connectivity index is 1.73. The standard InChI is InChI=1S/C18H19FN2O4S/c1-13-12-21(9-10-25-13)26(23,24)17-7-5-16(6-8-17)20-18(22)14-3-2-4-15(19)11-14/h2-8,11,13H,9-10,12H2,1H3,(H,20,22). The fourth-order valence-corrected chi connectivity index (χ4v) is 4.20. The van der Waals surface area contributed by atoms with Gasteiger partial charge in [0.15, 0.2) is 0 Å². The van der Waals surface area contributed by atoms with Crippen LogP contribution in [0.5, 0.6) is 0 Å². The third kappa shape index (κ3) is 4.09. The van der Waals surface area contributed by atoms with E-state index in [1.807, 2.05) is 6.92 Å². The van der Waals surface area contributed by atoms with Crippen LogP contribution in [0.2, 0.25) is 0 Å². The minimum atomic E-state index is -3.61. The van der Waals surface area contributed by atoms with Gasteiger partial charge in [-0.15, -0.1) is 0 Å². The Morgan fingerprint density at radius 2 is 1.96 bits per heavy atom. The smallest absolute Gasteiger partial charge is 0.255 e. The lowest BCUT2D eigenvalue weighted by atomic mass is 10.2. The SMILES string of the molecule is CC1CN(S(=O)(=O)c2ccc(NC(=O)c3cccc(F)c3)cc2)CCO1. The molecule has 1 amide bonds. The summed E-state index contributed by atoms with van der Waals surface area (Å²) in [6.07, 6.45) is -0.150. The number of morpholine rings is 1. The van der Waals surface area contributed by atoms with Crippen LogP contribution in [0.15, 0.2) is 53.4 Å². The third-order valence-electron chi connectivity index (χ3n) is 4.04. The summed E-state index contributed by atoms with van der Waals surface area (Å²) in [4.78, 5) is 12.3. The number of anilines is 1. The second-order valence-corrected chi connectivity index (χ2v) is 7.97. The molecule has 1 N–H and O–H groups in total. The lowest BCUT2D eigenvalue weighted by Gasteiger charge is -2.30. The molecule has 1 heterocycles. The van der Waals surface area contributed by atoms with Crippen molar-refractivity contribution in [3.63, 3.8) is 0 Å². The number of rotatable bonds is 4. The summed E-state index contributed by atoms with van der Waals surface area (Å²) in [5, 5.41) is 2.62. The van der Waals surface area contributed by atoms with E-state index in [0.717, 1.165) is 6.07 Å². The van der Waals surface area contributed by atoms with Gasteiger partial charge in [0.25, 0.3) is 5.91 Å². The van der Waals surface area contributed by atoms with Crippen LogP contribution in [0.1, 0.15) is 17.3 Å². The Hall–Kier alpha value is -2.29. The maximum absolute atomic E-state index is 13.2. The van der Waals surface area contributed by atoms with E-state index < -0.39 is 21.7 Å². The predicted octanol–water partition coefficient (Wildman–Crippen LogP) is 2.49. The largest absolute Gasteiger partial charge is 0.376 e. The number of halogens is 1. The van der Waals surface area contributed by atoms with Gasteiger partial charge in [-0.3, -0.25) is 4.79 Å². The van der Waals surface area contributed by atoms with E-state index >= 15 is 0 Å². The molecule has 0 radical (unpaired) electrons. The van der Waals surface area contributed by atoms with Crippen molar-refractivity contribution in [3.05, 3.63) is 59.9 Å². The molecule has 1 fully saturated rings. The van der Waals surface area contributed by atoms with Crippen molar-refractivity contribution < 1.29 is 22.3 Å². The summed E-state index contributed by atoms with van der Waals surface area (Å²) in [5.74, 6) is -0.971. The predicted molar refractivity (Wildman–Crippen MR) is 95.0 cm³/mol. The number of amides is 1. The molecule has 3 rings (SSSR count). The first-order valence-electron chi connectivity index (χ1n) is 8.15. The maximum Gasteiger partial charge on any atom is 0.255 e. The molecule has 26 heavy (non-hydrogen) atoms. The molecule has 1 aliphatic heterocycles. The average molecular weight is 378 g/mol. The number of benzene rings is 2. The molecule has 2 aromatic carbocycles.